The lowest BCUT2D eigenvalue weighted by Gasteiger charge is -2.33. The van der Waals surface area contributed by atoms with Crippen LogP contribution in [0.15, 0.2) is 24.3 Å². The summed E-state index contributed by atoms with van der Waals surface area (Å²) in [5, 5.41) is 2.63. The number of ether oxygens (including phenoxy) is 1. The van der Waals surface area contributed by atoms with E-state index < -0.39 is 24.9 Å². The van der Waals surface area contributed by atoms with Crippen LogP contribution in [0.5, 0.6) is 5.75 Å². The van der Waals surface area contributed by atoms with E-state index in [2.05, 4.69) is 5.32 Å². The SMILES string of the molecule is Cc1ccc(OC2CCN(C(=O)C3CC(F)(F)CN3)CC2)cc1. The lowest BCUT2D eigenvalue weighted by Crippen LogP contribution is -2.48. The van der Waals surface area contributed by atoms with Gasteiger partial charge in [-0.3, -0.25) is 10.1 Å². The standard InChI is InChI=1S/C17H22F2N2O2/c1-12-2-4-13(5-3-12)23-14-6-8-21(9-7-14)16(22)15-10-17(18,19)11-20-15/h2-5,14-15,20H,6-11H2,1H3. The lowest BCUT2D eigenvalue weighted by molar-refractivity contribution is -0.135. The van der Waals surface area contributed by atoms with E-state index in [1.54, 1.807) is 4.90 Å². The molecule has 0 spiro atoms. The third kappa shape index (κ3) is 3.99. The van der Waals surface area contributed by atoms with Crippen molar-refractivity contribution >= 4 is 5.91 Å². The third-order valence-corrected chi connectivity index (χ3v) is 4.49. The number of halogens is 2. The quantitative estimate of drug-likeness (QED) is 0.928. The first-order valence-corrected chi connectivity index (χ1v) is 8.06. The van der Waals surface area contributed by atoms with Crippen molar-refractivity contribution in [2.45, 2.75) is 44.3 Å². The summed E-state index contributed by atoms with van der Waals surface area (Å²) in [6, 6.07) is 7.13. The zero-order chi connectivity index (χ0) is 16.4. The van der Waals surface area contributed by atoms with Crippen LogP contribution in [0.25, 0.3) is 0 Å². The van der Waals surface area contributed by atoms with Gasteiger partial charge in [0.2, 0.25) is 5.91 Å². The van der Waals surface area contributed by atoms with Gasteiger partial charge in [-0.15, -0.1) is 0 Å². The summed E-state index contributed by atoms with van der Waals surface area (Å²) in [6.45, 7) is 2.73. The number of likely N-dealkylation sites (tertiary alicyclic amines) is 1. The zero-order valence-electron chi connectivity index (χ0n) is 13.2. The highest BCUT2D eigenvalue weighted by Gasteiger charge is 2.43. The Morgan fingerprint density at radius 1 is 1.26 bits per heavy atom. The van der Waals surface area contributed by atoms with Crippen LogP contribution in [0.2, 0.25) is 0 Å². The fourth-order valence-corrected chi connectivity index (χ4v) is 3.11. The van der Waals surface area contributed by atoms with Crippen LogP contribution in [-0.2, 0) is 4.79 Å². The molecule has 0 saturated carbocycles. The van der Waals surface area contributed by atoms with E-state index in [1.165, 1.54) is 5.56 Å². The minimum atomic E-state index is -2.77. The van der Waals surface area contributed by atoms with Crippen molar-refractivity contribution < 1.29 is 18.3 Å². The van der Waals surface area contributed by atoms with E-state index in [0.29, 0.717) is 13.1 Å². The number of aryl methyl sites for hydroxylation is 1. The topological polar surface area (TPSA) is 41.6 Å². The van der Waals surface area contributed by atoms with Gasteiger partial charge in [-0.05, 0) is 19.1 Å². The first kappa shape index (κ1) is 16.2. The van der Waals surface area contributed by atoms with E-state index in [-0.39, 0.29) is 12.0 Å². The Morgan fingerprint density at radius 2 is 1.91 bits per heavy atom. The molecular formula is C17H22F2N2O2. The highest BCUT2D eigenvalue weighted by atomic mass is 19.3. The number of alkyl halides is 2. The molecule has 1 aromatic carbocycles. The van der Waals surface area contributed by atoms with E-state index in [1.807, 2.05) is 31.2 Å². The second-order valence-corrected chi connectivity index (χ2v) is 6.45. The van der Waals surface area contributed by atoms with Gasteiger partial charge in [0.25, 0.3) is 5.92 Å². The summed E-state index contributed by atoms with van der Waals surface area (Å²) in [7, 11) is 0. The molecule has 3 rings (SSSR count). The number of hydrogen-bond donors (Lipinski definition) is 1. The molecule has 2 saturated heterocycles. The van der Waals surface area contributed by atoms with Crippen LogP contribution >= 0.6 is 0 Å². The molecule has 2 heterocycles. The number of benzene rings is 1. The fraction of sp³-hybridized carbons (Fsp3) is 0.588. The molecule has 1 aromatic rings. The van der Waals surface area contributed by atoms with E-state index in [4.69, 9.17) is 4.74 Å². The average Bonchev–Trinajstić information content (AvgIpc) is 2.90. The summed E-state index contributed by atoms with van der Waals surface area (Å²) in [6.07, 6.45) is 1.12. The zero-order valence-corrected chi connectivity index (χ0v) is 13.2. The molecule has 1 N–H and O–H groups in total. The van der Waals surface area contributed by atoms with Gasteiger partial charge in [0.05, 0.1) is 12.6 Å². The predicted molar refractivity (Wildman–Crippen MR) is 82.8 cm³/mol. The first-order chi connectivity index (χ1) is 10.9. The first-order valence-electron chi connectivity index (χ1n) is 8.06. The average molecular weight is 324 g/mol. The van der Waals surface area contributed by atoms with Crippen molar-refractivity contribution in [3.63, 3.8) is 0 Å². The fourth-order valence-electron chi connectivity index (χ4n) is 3.11. The van der Waals surface area contributed by atoms with Crippen molar-refractivity contribution in [1.29, 1.82) is 0 Å². The van der Waals surface area contributed by atoms with Crippen LogP contribution in [0, 0.1) is 6.92 Å². The Bertz CT molecular complexity index is 554. The molecule has 0 aromatic heterocycles. The second kappa shape index (κ2) is 6.43. The van der Waals surface area contributed by atoms with Crippen molar-refractivity contribution in [2.24, 2.45) is 0 Å². The molecule has 6 heteroatoms. The number of hydrogen-bond acceptors (Lipinski definition) is 3. The molecular weight excluding hydrogens is 302 g/mol. The molecule has 2 aliphatic rings. The molecule has 4 nitrogen and oxygen atoms in total. The lowest BCUT2D eigenvalue weighted by atomic mass is 10.1. The largest absolute Gasteiger partial charge is 0.490 e. The number of amides is 1. The molecule has 126 valence electrons. The van der Waals surface area contributed by atoms with E-state index >= 15 is 0 Å². The van der Waals surface area contributed by atoms with Crippen LogP contribution < -0.4 is 10.1 Å². The molecule has 1 unspecified atom stereocenters. The molecule has 0 bridgehead atoms. The van der Waals surface area contributed by atoms with Crippen molar-refractivity contribution in [3.8, 4) is 5.75 Å². The minimum absolute atomic E-state index is 0.0692. The highest BCUT2D eigenvalue weighted by Crippen LogP contribution is 2.27. The number of nitrogens with zero attached hydrogens (tertiary/aromatic N) is 1. The maximum Gasteiger partial charge on any atom is 0.262 e. The van der Waals surface area contributed by atoms with E-state index in [9.17, 15) is 13.6 Å². The van der Waals surface area contributed by atoms with Crippen LogP contribution in [-0.4, -0.2) is 48.5 Å². The number of carbonyl (C=O) groups is 1. The number of piperidine rings is 1. The van der Waals surface area contributed by atoms with Gasteiger partial charge in [-0.2, -0.15) is 0 Å². The maximum atomic E-state index is 13.2. The van der Waals surface area contributed by atoms with Gasteiger partial charge in [-0.25, -0.2) is 8.78 Å². The van der Waals surface area contributed by atoms with E-state index in [0.717, 1.165) is 18.6 Å². The second-order valence-electron chi connectivity index (χ2n) is 6.45. The van der Waals surface area contributed by atoms with Gasteiger partial charge >= 0.3 is 0 Å². The van der Waals surface area contributed by atoms with Gasteiger partial charge in [0, 0.05) is 32.4 Å². The monoisotopic (exact) mass is 324 g/mol. The summed E-state index contributed by atoms with van der Waals surface area (Å²) >= 11 is 0. The normalized spacial score (nSPS) is 24.7. The van der Waals surface area contributed by atoms with Gasteiger partial charge in [-0.1, -0.05) is 17.7 Å². The Labute approximate surface area is 134 Å². The summed E-state index contributed by atoms with van der Waals surface area (Å²) in [4.78, 5) is 14.0. The molecule has 0 radical (unpaired) electrons. The van der Waals surface area contributed by atoms with Gasteiger partial charge in [0.15, 0.2) is 0 Å². The number of rotatable bonds is 3. The maximum absolute atomic E-state index is 13.2. The Balaban J connectivity index is 1.48. The molecule has 0 aliphatic carbocycles. The van der Waals surface area contributed by atoms with Crippen LogP contribution in [0.3, 0.4) is 0 Å². The summed E-state index contributed by atoms with van der Waals surface area (Å²) in [5.41, 5.74) is 1.18. The van der Waals surface area contributed by atoms with Gasteiger partial charge < -0.3 is 9.64 Å². The molecule has 1 atom stereocenters. The van der Waals surface area contributed by atoms with Crippen molar-refractivity contribution in [3.05, 3.63) is 29.8 Å². The predicted octanol–water partition coefficient (Wildman–Crippen LogP) is 2.36. The molecule has 2 fully saturated rings. The smallest absolute Gasteiger partial charge is 0.262 e. The van der Waals surface area contributed by atoms with Crippen LogP contribution in [0.4, 0.5) is 8.78 Å². The van der Waals surface area contributed by atoms with Crippen molar-refractivity contribution in [2.75, 3.05) is 19.6 Å². The molecule has 1 amide bonds. The Kier molecular flexibility index (Phi) is 4.53. The Hall–Kier alpha value is -1.69. The molecule has 2 aliphatic heterocycles. The number of nitrogens with one attached hydrogen (secondary N) is 1. The van der Waals surface area contributed by atoms with Crippen molar-refractivity contribution in [1.82, 2.24) is 10.2 Å². The molecule has 23 heavy (non-hydrogen) atoms. The summed E-state index contributed by atoms with van der Waals surface area (Å²) < 4.78 is 32.3. The van der Waals surface area contributed by atoms with Crippen LogP contribution in [0.1, 0.15) is 24.8 Å². The summed E-state index contributed by atoms with van der Waals surface area (Å²) in [5.74, 6) is -2.15. The number of carbonyl (C=O) groups excluding carboxylic acids is 1. The minimum Gasteiger partial charge on any atom is -0.490 e. The van der Waals surface area contributed by atoms with Gasteiger partial charge in [0.1, 0.15) is 11.9 Å². The Morgan fingerprint density at radius 3 is 2.48 bits per heavy atom. The third-order valence-electron chi connectivity index (χ3n) is 4.49. The highest BCUT2D eigenvalue weighted by molar-refractivity contribution is 5.82.